The Bertz CT molecular complexity index is 499. The predicted octanol–water partition coefficient (Wildman–Crippen LogP) is 2.41. The number of nitro groups is 1. The molecule has 0 saturated carbocycles. The van der Waals surface area contributed by atoms with Crippen LogP contribution in [0, 0.1) is 10.1 Å². The third-order valence-corrected chi connectivity index (χ3v) is 2.46. The van der Waals surface area contributed by atoms with Gasteiger partial charge in [-0.1, -0.05) is 6.08 Å². The van der Waals surface area contributed by atoms with Crippen LogP contribution in [-0.2, 0) is 4.79 Å². The molecule has 0 aliphatic heterocycles. The van der Waals surface area contributed by atoms with Crippen LogP contribution in [0.1, 0.15) is 18.1 Å². The number of rotatable bonds is 6. The number of carbonyl (C=O) groups excluding carboxylic acids is 1. The Balaban J connectivity index is 2.98. The molecule has 0 aromatic heterocycles. The first-order valence-electron chi connectivity index (χ1n) is 5.25. The number of allylic oxidation sites excluding steroid dienone is 1. The fourth-order valence-corrected chi connectivity index (χ4v) is 1.41. The van der Waals surface area contributed by atoms with Crippen LogP contribution in [0.2, 0.25) is 0 Å². The first kappa shape index (κ1) is 14.9. The highest BCUT2D eigenvalue weighted by Gasteiger charge is 2.46. The smallest absolute Gasteiger partial charge is 0.334 e. The summed E-state index contributed by atoms with van der Waals surface area (Å²) < 4.78 is 27.1. The number of benzene rings is 1. The molecule has 1 atom stereocenters. The molecule has 7 heteroatoms. The molecular formula is C12H11F2NO4. The number of hydrogen-bond donors (Lipinski definition) is 1. The van der Waals surface area contributed by atoms with Crippen molar-refractivity contribution in [1.29, 1.82) is 0 Å². The van der Waals surface area contributed by atoms with Crippen molar-refractivity contribution in [3.05, 3.63) is 52.6 Å². The van der Waals surface area contributed by atoms with E-state index in [1.165, 1.54) is 0 Å². The molecule has 0 amide bonds. The standard InChI is InChI=1S/C12H11F2NO4/c1-2-3-10(16)12(13,14)11(17)8-4-6-9(7-5-8)15(18)19/h2,4-7,11,17H,1,3H2. The maximum Gasteiger partial charge on any atom is 0.334 e. The largest absolute Gasteiger partial charge is 0.382 e. The van der Waals surface area contributed by atoms with Gasteiger partial charge in [0, 0.05) is 18.6 Å². The summed E-state index contributed by atoms with van der Waals surface area (Å²) in [6.45, 7) is 3.17. The molecule has 0 radical (unpaired) electrons. The Hall–Kier alpha value is -2.15. The van der Waals surface area contributed by atoms with Crippen LogP contribution >= 0.6 is 0 Å². The van der Waals surface area contributed by atoms with Gasteiger partial charge in [-0.15, -0.1) is 6.58 Å². The summed E-state index contributed by atoms with van der Waals surface area (Å²) >= 11 is 0. The van der Waals surface area contributed by atoms with Gasteiger partial charge in [0.05, 0.1) is 4.92 Å². The second-order valence-electron chi connectivity index (χ2n) is 3.79. The highest BCUT2D eigenvalue weighted by atomic mass is 19.3. The molecule has 102 valence electrons. The third-order valence-electron chi connectivity index (χ3n) is 2.46. The van der Waals surface area contributed by atoms with Crippen molar-refractivity contribution in [3.63, 3.8) is 0 Å². The first-order valence-corrected chi connectivity index (χ1v) is 5.25. The van der Waals surface area contributed by atoms with Crippen LogP contribution in [-0.4, -0.2) is 21.7 Å². The van der Waals surface area contributed by atoms with Crippen LogP contribution in [0.25, 0.3) is 0 Å². The summed E-state index contributed by atoms with van der Waals surface area (Å²) in [5.74, 6) is -5.43. The molecule has 0 spiro atoms. The Morgan fingerprint density at radius 1 is 1.47 bits per heavy atom. The minimum Gasteiger partial charge on any atom is -0.382 e. The summed E-state index contributed by atoms with van der Waals surface area (Å²) in [5.41, 5.74) is -0.565. The molecule has 0 heterocycles. The molecule has 0 bridgehead atoms. The summed E-state index contributed by atoms with van der Waals surface area (Å²) in [7, 11) is 0. The number of Topliss-reactive ketones (excluding diaryl/α,β-unsaturated/α-hetero) is 1. The molecule has 0 aliphatic carbocycles. The first-order chi connectivity index (χ1) is 8.80. The van der Waals surface area contributed by atoms with Gasteiger partial charge in [0.1, 0.15) is 6.10 Å². The fraction of sp³-hybridized carbons (Fsp3) is 0.250. The van der Waals surface area contributed by atoms with Crippen LogP contribution in [0.3, 0.4) is 0 Å². The van der Waals surface area contributed by atoms with Crippen molar-refractivity contribution in [1.82, 2.24) is 0 Å². The number of nitro benzene ring substituents is 1. The van der Waals surface area contributed by atoms with Gasteiger partial charge in [0.15, 0.2) is 0 Å². The maximum atomic E-state index is 13.6. The van der Waals surface area contributed by atoms with Crippen LogP contribution in [0.5, 0.6) is 0 Å². The number of hydrogen-bond acceptors (Lipinski definition) is 4. The van der Waals surface area contributed by atoms with Crippen molar-refractivity contribution in [3.8, 4) is 0 Å². The predicted molar refractivity (Wildman–Crippen MR) is 62.8 cm³/mol. The van der Waals surface area contributed by atoms with Crippen molar-refractivity contribution < 1.29 is 23.6 Å². The molecule has 1 aromatic carbocycles. The van der Waals surface area contributed by atoms with E-state index in [2.05, 4.69) is 6.58 Å². The second-order valence-corrected chi connectivity index (χ2v) is 3.79. The van der Waals surface area contributed by atoms with E-state index in [-0.39, 0.29) is 11.3 Å². The highest BCUT2D eigenvalue weighted by molar-refractivity contribution is 5.87. The highest BCUT2D eigenvalue weighted by Crippen LogP contribution is 2.33. The van der Waals surface area contributed by atoms with E-state index in [1.807, 2.05) is 0 Å². The monoisotopic (exact) mass is 271 g/mol. The van der Waals surface area contributed by atoms with E-state index in [0.29, 0.717) is 0 Å². The number of non-ortho nitro benzene ring substituents is 1. The van der Waals surface area contributed by atoms with Gasteiger partial charge < -0.3 is 5.11 Å². The van der Waals surface area contributed by atoms with Gasteiger partial charge in [-0.3, -0.25) is 14.9 Å². The lowest BCUT2D eigenvalue weighted by Gasteiger charge is -2.20. The number of carbonyl (C=O) groups is 1. The molecule has 1 unspecified atom stereocenters. The molecule has 1 rings (SSSR count). The van der Waals surface area contributed by atoms with Crippen LogP contribution < -0.4 is 0 Å². The summed E-state index contributed by atoms with van der Waals surface area (Å²) in [6, 6.07) is 3.93. The number of halogens is 2. The molecule has 5 nitrogen and oxygen atoms in total. The van der Waals surface area contributed by atoms with Gasteiger partial charge in [0.2, 0.25) is 5.78 Å². The summed E-state index contributed by atoms with van der Waals surface area (Å²) in [4.78, 5) is 20.9. The number of aliphatic hydroxyl groups excluding tert-OH is 1. The molecule has 0 fully saturated rings. The van der Waals surface area contributed by atoms with Gasteiger partial charge >= 0.3 is 5.92 Å². The molecule has 0 saturated heterocycles. The van der Waals surface area contributed by atoms with E-state index in [9.17, 15) is 28.8 Å². The van der Waals surface area contributed by atoms with Crippen molar-refractivity contribution >= 4 is 11.5 Å². The van der Waals surface area contributed by atoms with Gasteiger partial charge in [-0.25, -0.2) is 0 Å². The number of ketones is 1. The lowest BCUT2D eigenvalue weighted by atomic mass is 9.98. The number of alkyl halides is 2. The minimum atomic E-state index is -3.97. The van der Waals surface area contributed by atoms with E-state index in [4.69, 9.17) is 0 Å². The third kappa shape index (κ3) is 3.19. The van der Waals surface area contributed by atoms with Crippen LogP contribution in [0.15, 0.2) is 36.9 Å². The average Bonchev–Trinajstić information content (AvgIpc) is 2.38. The lowest BCUT2D eigenvalue weighted by Crippen LogP contribution is -2.35. The van der Waals surface area contributed by atoms with E-state index in [0.717, 1.165) is 30.3 Å². The number of nitrogens with zero attached hydrogens (tertiary/aromatic N) is 1. The lowest BCUT2D eigenvalue weighted by molar-refractivity contribution is -0.384. The number of aliphatic hydroxyl groups is 1. The normalized spacial score (nSPS) is 12.8. The van der Waals surface area contributed by atoms with Crippen molar-refractivity contribution in [2.24, 2.45) is 0 Å². The van der Waals surface area contributed by atoms with E-state index < -0.39 is 29.2 Å². The second kappa shape index (κ2) is 5.66. The Morgan fingerprint density at radius 3 is 2.42 bits per heavy atom. The van der Waals surface area contributed by atoms with Crippen LogP contribution in [0.4, 0.5) is 14.5 Å². The molecule has 1 aromatic rings. The Labute approximate surface area is 107 Å². The molecule has 0 aliphatic rings. The zero-order valence-electron chi connectivity index (χ0n) is 9.75. The summed E-state index contributed by atoms with van der Waals surface area (Å²) in [6.07, 6.45) is -1.91. The zero-order chi connectivity index (χ0) is 14.6. The van der Waals surface area contributed by atoms with Gasteiger partial charge in [-0.2, -0.15) is 8.78 Å². The van der Waals surface area contributed by atoms with Gasteiger partial charge in [0.25, 0.3) is 5.69 Å². The molecule has 19 heavy (non-hydrogen) atoms. The molecular weight excluding hydrogens is 260 g/mol. The topological polar surface area (TPSA) is 80.4 Å². The fourth-order valence-electron chi connectivity index (χ4n) is 1.41. The summed E-state index contributed by atoms with van der Waals surface area (Å²) in [5, 5.41) is 19.9. The maximum absolute atomic E-state index is 13.6. The van der Waals surface area contributed by atoms with Gasteiger partial charge in [-0.05, 0) is 17.7 Å². The van der Waals surface area contributed by atoms with Crippen molar-refractivity contribution in [2.75, 3.05) is 0 Å². The van der Waals surface area contributed by atoms with Crippen molar-refractivity contribution in [2.45, 2.75) is 18.4 Å². The van der Waals surface area contributed by atoms with E-state index in [1.54, 1.807) is 0 Å². The minimum absolute atomic E-state index is 0.270. The Morgan fingerprint density at radius 2 is 2.00 bits per heavy atom. The van der Waals surface area contributed by atoms with E-state index >= 15 is 0 Å². The average molecular weight is 271 g/mol. The SMILES string of the molecule is C=CCC(=O)C(F)(F)C(O)c1ccc([N+](=O)[O-])cc1. The Kier molecular flexibility index (Phi) is 4.44. The zero-order valence-corrected chi connectivity index (χ0v) is 9.75. The molecule has 1 N–H and O–H groups in total. The quantitative estimate of drug-likeness (QED) is 0.489.